The fraction of sp³-hybridized carbons (Fsp3) is 0.250. The van der Waals surface area contributed by atoms with Crippen LogP contribution in [-0.4, -0.2) is 11.5 Å². The molecule has 0 spiro atoms. The van der Waals surface area contributed by atoms with E-state index in [1.807, 2.05) is 18.4 Å². The number of aromatic nitrogens is 1. The third-order valence-corrected chi connectivity index (χ3v) is 3.49. The van der Waals surface area contributed by atoms with Gasteiger partial charge in [0.25, 0.3) is 0 Å². The van der Waals surface area contributed by atoms with Gasteiger partial charge >= 0.3 is 0 Å². The number of hydrogen-bond donors (Lipinski definition) is 1. The Morgan fingerprint density at radius 3 is 3.00 bits per heavy atom. The molecule has 2 aromatic rings. The summed E-state index contributed by atoms with van der Waals surface area (Å²) in [5.41, 5.74) is 7.21. The van der Waals surface area contributed by atoms with E-state index in [1.165, 1.54) is 12.1 Å². The summed E-state index contributed by atoms with van der Waals surface area (Å²) in [5.74, 6) is 0.0197. The number of nitrogens with zero attached hydrogens (tertiary/aromatic N) is 1. The Labute approximate surface area is 97.9 Å². The number of thiazole rings is 1. The summed E-state index contributed by atoms with van der Waals surface area (Å²) in [6, 6.07) is 6.47. The molecule has 0 fully saturated rings. The molecule has 1 aromatic carbocycles. The number of benzene rings is 1. The molecule has 1 unspecified atom stereocenters. The maximum atomic E-state index is 13.0. The Balaban J connectivity index is 2.31. The second-order valence-corrected chi connectivity index (χ2v) is 4.61. The van der Waals surface area contributed by atoms with Crippen LogP contribution in [0.5, 0.6) is 0 Å². The summed E-state index contributed by atoms with van der Waals surface area (Å²) < 4.78 is 13.0. The van der Waals surface area contributed by atoms with Crippen LogP contribution in [0.25, 0.3) is 11.3 Å². The monoisotopic (exact) mass is 236 g/mol. The predicted octanol–water partition coefficient (Wildman–Crippen LogP) is 3.01. The zero-order chi connectivity index (χ0) is 11.5. The molecule has 4 heteroatoms. The van der Waals surface area contributed by atoms with Gasteiger partial charge in [0.1, 0.15) is 5.82 Å². The number of halogens is 1. The van der Waals surface area contributed by atoms with Gasteiger partial charge in [0.05, 0.1) is 10.7 Å². The molecule has 0 radical (unpaired) electrons. The topological polar surface area (TPSA) is 38.9 Å². The highest BCUT2D eigenvalue weighted by atomic mass is 32.1. The van der Waals surface area contributed by atoms with Crippen molar-refractivity contribution in [3.8, 4) is 11.3 Å². The molecule has 0 aliphatic heterocycles. The van der Waals surface area contributed by atoms with Crippen LogP contribution < -0.4 is 5.73 Å². The smallest absolute Gasteiger partial charge is 0.123 e. The lowest BCUT2D eigenvalue weighted by molar-refractivity contribution is 0.628. The SMILES string of the molecule is CC(CN)c1nc(-c2cccc(F)c2)cs1. The molecule has 0 saturated heterocycles. The van der Waals surface area contributed by atoms with Crippen molar-refractivity contribution in [1.82, 2.24) is 4.98 Å². The van der Waals surface area contributed by atoms with Crippen molar-refractivity contribution < 1.29 is 4.39 Å². The zero-order valence-corrected chi connectivity index (χ0v) is 9.80. The van der Waals surface area contributed by atoms with Crippen molar-refractivity contribution in [2.45, 2.75) is 12.8 Å². The summed E-state index contributed by atoms with van der Waals surface area (Å²) in [4.78, 5) is 4.46. The number of rotatable bonds is 3. The molecular formula is C12H13FN2S. The molecule has 0 bridgehead atoms. The highest BCUT2D eigenvalue weighted by Gasteiger charge is 2.10. The van der Waals surface area contributed by atoms with Crippen molar-refractivity contribution >= 4 is 11.3 Å². The van der Waals surface area contributed by atoms with Crippen molar-refractivity contribution in [2.24, 2.45) is 5.73 Å². The largest absolute Gasteiger partial charge is 0.330 e. The lowest BCUT2D eigenvalue weighted by Crippen LogP contribution is -2.08. The molecule has 16 heavy (non-hydrogen) atoms. The second kappa shape index (κ2) is 4.72. The van der Waals surface area contributed by atoms with Gasteiger partial charge in [0.15, 0.2) is 0 Å². The van der Waals surface area contributed by atoms with Crippen LogP contribution in [0, 0.1) is 5.82 Å². The summed E-state index contributed by atoms with van der Waals surface area (Å²) in [5, 5.41) is 2.94. The highest BCUT2D eigenvalue weighted by molar-refractivity contribution is 7.10. The van der Waals surface area contributed by atoms with Crippen LogP contribution >= 0.6 is 11.3 Å². The fourth-order valence-electron chi connectivity index (χ4n) is 1.40. The quantitative estimate of drug-likeness (QED) is 0.889. The van der Waals surface area contributed by atoms with Crippen LogP contribution in [0.4, 0.5) is 4.39 Å². The van der Waals surface area contributed by atoms with Gasteiger partial charge in [-0.3, -0.25) is 0 Å². The van der Waals surface area contributed by atoms with Gasteiger partial charge in [-0.25, -0.2) is 9.37 Å². The molecule has 0 amide bonds. The molecule has 0 aliphatic carbocycles. The van der Waals surface area contributed by atoms with E-state index in [9.17, 15) is 4.39 Å². The first kappa shape index (κ1) is 11.2. The maximum Gasteiger partial charge on any atom is 0.123 e. The minimum atomic E-state index is -0.237. The molecule has 1 aromatic heterocycles. The van der Waals surface area contributed by atoms with E-state index >= 15 is 0 Å². The van der Waals surface area contributed by atoms with E-state index in [4.69, 9.17) is 5.73 Å². The minimum Gasteiger partial charge on any atom is -0.330 e. The van der Waals surface area contributed by atoms with E-state index in [0.717, 1.165) is 16.3 Å². The van der Waals surface area contributed by atoms with Crippen LogP contribution in [0.3, 0.4) is 0 Å². The third-order valence-electron chi connectivity index (χ3n) is 2.42. The van der Waals surface area contributed by atoms with Crippen LogP contribution in [0.2, 0.25) is 0 Å². The van der Waals surface area contributed by atoms with Gasteiger partial charge in [0, 0.05) is 23.4 Å². The van der Waals surface area contributed by atoms with Crippen LogP contribution in [0.1, 0.15) is 17.8 Å². The summed E-state index contributed by atoms with van der Waals surface area (Å²) in [7, 11) is 0. The van der Waals surface area contributed by atoms with Gasteiger partial charge in [-0.2, -0.15) is 0 Å². The molecule has 1 heterocycles. The van der Waals surface area contributed by atoms with Gasteiger partial charge in [0.2, 0.25) is 0 Å². The van der Waals surface area contributed by atoms with Crippen LogP contribution in [0.15, 0.2) is 29.6 Å². The standard InChI is InChI=1S/C12H13FN2S/c1-8(6-14)12-15-11(7-16-12)9-3-2-4-10(13)5-9/h2-5,7-8H,6,14H2,1H3. The molecule has 0 aliphatic rings. The Morgan fingerprint density at radius 2 is 2.31 bits per heavy atom. The molecular weight excluding hydrogens is 223 g/mol. The van der Waals surface area contributed by atoms with Gasteiger partial charge < -0.3 is 5.73 Å². The fourth-order valence-corrected chi connectivity index (χ4v) is 2.30. The first-order valence-electron chi connectivity index (χ1n) is 5.12. The highest BCUT2D eigenvalue weighted by Crippen LogP contribution is 2.26. The summed E-state index contributed by atoms with van der Waals surface area (Å²) >= 11 is 1.57. The molecule has 0 saturated carbocycles. The van der Waals surface area contributed by atoms with Crippen LogP contribution in [-0.2, 0) is 0 Å². The summed E-state index contributed by atoms with van der Waals surface area (Å²) in [6.45, 7) is 2.62. The third kappa shape index (κ3) is 2.28. The van der Waals surface area contributed by atoms with Crippen molar-refractivity contribution in [2.75, 3.05) is 6.54 Å². The zero-order valence-electron chi connectivity index (χ0n) is 8.98. The lowest BCUT2D eigenvalue weighted by Gasteiger charge is -2.02. The number of hydrogen-bond acceptors (Lipinski definition) is 3. The molecule has 1 atom stereocenters. The Bertz CT molecular complexity index is 481. The Hall–Kier alpha value is -1.26. The Kier molecular flexibility index (Phi) is 3.31. The number of nitrogens with two attached hydrogens (primary N) is 1. The molecule has 2 rings (SSSR count). The van der Waals surface area contributed by atoms with Crippen molar-refractivity contribution in [1.29, 1.82) is 0 Å². The first-order valence-corrected chi connectivity index (χ1v) is 6.00. The lowest BCUT2D eigenvalue weighted by atomic mass is 10.1. The molecule has 2 N–H and O–H groups in total. The second-order valence-electron chi connectivity index (χ2n) is 3.72. The van der Waals surface area contributed by atoms with Gasteiger partial charge in [-0.05, 0) is 12.1 Å². The van der Waals surface area contributed by atoms with E-state index in [-0.39, 0.29) is 11.7 Å². The Morgan fingerprint density at radius 1 is 1.50 bits per heavy atom. The van der Waals surface area contributed by atoms with Gasteiger partial charge in [-0.1, -0.05) is 19.1 Å². The van der Waals surface area contributed by atoms with Crippen molar-refractivity contribution in [3.63, 3.8) is 0 Å². The van der Waals surface area contributed by atoms with Crippen molar-refractivity contribution in [3.05, 3.63) is 40.5 Å². The normalized spacial score (nSPS) is 12.7. The molecule has 84 valence electrons. The maximum absolute atomic E-state index is 13.0. The molecule has 2 nitrogen and oxygen atoms in total. The van der Waals surface area contributed by atoms with E-state index in [1.54, 1.807) is 17.4 Å². The minimum absolute atomic E-state index is 0.237. The average Bonchev–Trinajstić information content (AvgIpc) is 2.77. The van der Waals surface area contributed by atoms with Gasteiger partial charge in [-0.15, -0.1) is 11.3 Å². The van der Waals surface area contributed by atoms with E-state index in [0.29, 0.717) is 6.54 Å². The first-order chi connectivity index (χ1) is 7.70. The predicted molar refractivity (Wildman–Crippen MR) is 65.0 cm³/mol. The van der Waals surface area contributed by atoms with E-state index < -0.39 is 0 Å². The summed E-state index contributed by atoms with van der Waals surface area (Å²) in [6.07, 6.45) is 0. The van der Waals surface area contributed by atoms with E-state index in [2.05, 4.69) is 4.98 Å². The average molecular weight is 236 g/mol.